The highest BCUT2D eigenvalue weighted by atomic mass is 16.5. The second-order valence-electron chi connectivity index (χ2n) is 20.8. The second kappa shape index (κ2) is 21.4. The number of ether oxygens (including phenoxy) is 1. The molecular weight excluding hydrogens is 905 g/mol. The molecule has 10 rings (SSSR count). The predicted molar refractivity (Wildman–Crippen MR) is 277 cm³/mol. The van der Waals surface area contributed by atoms with E-state index in [4.69, 9.17) is 15.0 Å². The first-order chi connectivity index (χ1) is 35.0. The predicted octanol–water partition coefficient (Wildman–Crippen LogP) is 8.46. The van der Waals surface area contributed by atoms with Gasteiger partial charge in [0.15, 0.2) is 17.3 Å². The highest BCUT2D eigenvalue weighted by molar-refractivity contribution is 6.05. The van der Waals surface area contributed by atoms with Crippen LogP contribution in [0.3, 0.4) is 0 Å². The molecular formula is C60H66N4O8-2. The zero-order chi connectivity index (χ0) is 49.9. The highest BCUT2D eigenvalue weighted by Crippen LogP contribution is 2.49. The number of nitrogens with zero attached hydrogens (tertiary/aromatic N) is 2. The van der Waals surface area contributed by atoms with Gasteiger partial charge in [0.25, 0.3) is 0 Å². The number of carbonyl (C=O) groups excluding carboxylic acids is 2. The van der Waals surface area contributed by atoms with Crippen LogP contribution in [0.1, 0.15) is 126 Å². The number of rotatable bonds is 10. The van der Waals surface area contributed by atoms with Crippen LogP contribution in [0.5, 0.6) is 17.2 Å². The van der Waals surface area contributed by atoms with Crippen molar-refractivity contribution < 1.29 is 39.9 Å². The molecule has 376 valence electrons. The van der Waals surface area contributed by atoms with E-state index in [-0.39, 0.29) is 49.1 Å². The third kappa shape index (κ3) is 10.4. The number of hydrogen-bond acceptors (Lipinski definition) is 9. The summed E-state index contributed by atoms with van der Waals surface area (Å²) in [7, 11) is 0. The van der Waals surface area contributed by atoms with Crippen LogP contribution >= 0.6 is 0 Å². The molecule has 0 saturated heterocycles. The van der Waals surface area contributed by atoms with E-state index in [0.29, 0.717) is 72.6 Å². The zero-order valence-electron chi connectivity index (χ0n) is 41.1. The van der Waals surface area contributed by atoms with Crippen molar-refractivity contribution in [3.63, 3.8) is 0 Å². The van der Waals surface area contributed by atoms with Gasteiger partial charge in [0.1, 0.15) is 11.5 Å². The van der Waals surface area contributed by atoms with Crippen LogP contribution < -0.4 is 15.0 Å². The molecule has 1 saturated carbocycles. The number of phenols is 2. The molecule has 3 aromatic carbocycles. The molecule has 7 atom stereocenters. The SMILES string of the molecule is CCCNCC1C#CC2[N-]c3[nH]ccc3Cc3cc(ccc3CC1O)Cc1cc(cc(OC3CCCC3)c1O)CCC(=O)C(CCO)C(=O)C1C2=Cc2[n-]ccc2C1CC1(O)C=Cc2c(O)cccc2CC1. The summed E-state index contributed by atoms with van der Waals surface area (Å²) in [4.78, 5) is 39.1. The molecule has 5 bridgehead atoms. The number of aliphatic hydroxyl groups excluding tert-OH is 2. The summed E-state index contributed by atoms with van der Waals surface area (Å²) in [6, 6.07) is 18.3. The fraction of sp³-hybridized carbons (Fsp3) is 0.433. The van der Waals surface area contributed by atoms with Gasteiger partial charge in [-0.15, -0.1) is 5.69 Å². The standard InChI is InChI=1S/C60H66N4O8/c1-2-23-61-35-41-13-14-50-48-33-51-46(19-25-62-51)49(34-60(71)21-16-38-6-5-9-52(66)45(38)17-22-60)56(48)58(70)47(20-26-65)53(67)15-11-37-29-43(57(69)55(30-37)72-44-7-3-4-8-44)28-36-10-12-39(32-54(41)68)42(27-36)31-40-18-24-63-59(40)64-50/h5-6,9-10,12,17-19,22,24-25,27,29-30,33,41,44,47,49-50,54,56,61,63,65-66,68-69,71H,2-4,7-8,11,15-16,20-21,23,26,28,31-32,34-35H2,1H3/q-2. The second-order valence-corrected chi connectivity index (χ2v) is 20.8. The Labute approximate surface area is 422 Å². The first-order valence-corrected chi connectivity index (χ1v) is 26.1. The van der Waals surface area contributed by atoms with Crippen LogP contribution in [0, 0.1) is 29.6 Å². The molecule has 2 aliphatic heterocycles. The Hall–Kier alpha value is -6.36. The van der Waals surface area contributed by atoms with Crippen LogP contribution in [-0.4, -0.2) is 85.6 Å². The summed E-state index contributed by atoms with van der Waals surface area (Å²) in [6.45, 7) is 2.80. The highest BCUT2D eigenvalue weighted by Gasteiger charge is 2.45. The van der Waals surface area contributed by atoms with E-state index in [2.05, 4.69) is 47.3 Å². The van der Waals surface area contributed by atoms with Crippen LogP contribution in [0.2, 0.25) is 0 Å². The molecule has 0 spiro atoms. The van der Waals surface area contributed by atoms with Crippen molar-refractivity contribution >= 4 is 29.5 Å². The maximum atomic E-state index is 16.0. The molecule has 1 fully saturated rings. The molecule has 5 aliphatic rings. The number of aryl methyl sites for hydroxylation is 2. The number of aromatic amines is 1. The Morgan fingerprint density at radius 2 is 1.76 bits per heavy atom. The van der Waals surface area contributed by atoms with Gasteiger partial charge in [-0.25, -0.2) is 0 Å². The Bertz CT molecular complexity index is 2930. The quantitative estimate of drug-likeness (QED) is 0.0405. The lowest BCUT2D eigenvalue weighted by atomic mass is 9.65. The van der Waals surface area contributed by atoms with Gasteiger partial charge in [-0.3, -0.25) is 9.59 Å². The number of hydrogen-bond donors (Lipinski definition) is 7. The monoisotopic (exact) mass is 970 g/mol. The van der Waals surface area contributed by atoms with Gasteiger partial charge in [0.2, 0.25) is 0 Å². The molecule has 5 aromatic rings. The average Bonchev–Trinajstić information content (AvgIpc) is 4.15. The molecule has 4 heterocycles. The molecule has 0 radical (unpaired) electrons. The summed E-state index contributed by atoms with van der Waals surface area (Å²) in [5.74, 6) is 3.81. The van der Waals surface area contributed by atoms with E-state index in [9.17, 15) is 30.3 Å². The van der Waals surface area contributed by atoms with Crippen LogP contribution in [-0.2, 0) is 41.7 Å². The molecule has 3 aliphatic carbocycles. The third-order valence-electron chi connectivity index (χ3n) is 15.8. The van der Waals surface area contributed by atoms with E-state index < -0.39 is 53.8 Å². The first-order valence-electron chi connectivity index (χ1n) is 26.1. The summed E-state index contributed by atoms with van der Waals surface area (Å²) >= 11 is 0. The number of aromatic nitrogens is 2. The van der Waals surface area contributed by atoms with Gasteiger partial charge < -0.3 is 50.9 Å². The Morgan fingerprint density at radius 3 is 2.60 bits per heavy atom. The minimum Gasteiger partial charge on any atom is -0.664 e. The van der Waals surface area contributed by atoms with E-state index >= 15 is 4.79 Å². The Balaban J connectivity index is 1.15. The molecule has 7 unspecified atom stereocenters. The van der Waals surface area contributed by atoms with Crippen molar-refractivity contribution in [3.8, 4) is 29.1 Å². The maximum absolute atomic E-state index is 16.0. The number of aromatic hydroxyl groups is 2. The lowest BCUT2D eigenvalue weighted by Crippen LogP contribution is -2.41. The van der Waals surface area contributed by atoms with Crippen molar-refractivity contribution in [3.05, 3.63) is 146 Å². The lowest BCUT2D eigenvalue weighted by molar-refractivity contribution is -0.135. The topological polar surface area (TPSA) is 201 Å². The van der Waals surface area contributed by atoms with Crippen LogP contribution in [0.15, 0.2) is 84.7 Å². The van der Waals surface area contributed by atoms with Crippen molar-refractivity contribution in [2.75, 3.05) is 19.7 Å². The molecule has 0 amide bonds. The number of H-pyrrole nitrogens is 1. The number of nitrogens with one attached hydrogen (secondary N) is 2. The van der Waals surface area contributed by atoms with E-state index in [1.54, 1.807) is 30.5 Å². The minimum atomic E-state index is -1.46. The summed E-state index contributed by atoms with van der Waals surface area (Å²) in [5.41, 5.74) is 7.19. The average molecular weight is 971 g/mol. The molecule has 2 aromatic heterocycles. The number of phenolic OH excluding ortho intramolecular Hbond substituents is 2. The number of aliphatic hydroxyl groups is 3. The summed E-state index contributed by atoms with van der Waals surface area (Å²) in [5, 5.41) is 67.3. The zero-order valence-corrected chi connectivity index (χ0v) is 41.1. The third-order valence-corrected chi connectivity index (χ3v) is 15.8. The van der Waals surface area contributed by atoms with Gasteiger partial charge >= 0.3 is 0 Å². The lowest BCUT2D eigenvalue weighted by Gasteiger charge is -2.42. The largest absolute Gasteiger partial charge is 0.664 e. The van der Waals surface area contributed by atoms with Gasteiger partial charge in [-0.1, -0.05) is 103 Å². The Morgan fingerprint density at radius 1 is 0.917 bits per heavy atom. The number of ketones is 2. The summed E-state index contributed by atoms with van der Waals surface area (Å²) in [6.07, 6.45) is 14.9. The fourth-order valence-corrected chi connectivity index (χ4v) is 11.9. The number of benzene rings is 3. The van der Waals surface area contributed by atoms with E-state index in [1.165, 1.54) is 0 Å². The Kier molecular flexibility index (Phi) is 14.6. The van der Waals surface area contributed by atoms with Crippen molar-refractivity contribution in [1.29, 1.82) is 0 Å². The first kappa shape index (κ1) is 49.2. The molecule has 72 heavy (non-hydrogen) atoms. The van der Waals surface area contributed by atoms with Gasteiger partial charge in [0.05, 0.1) is 29.6 Å². The number of Topliss-reactive ketones (excluding diaryl/α,β-unsaturated/α-hetero) is 2. The number of fused-ring (bicyclic) bond motifs is 8. The van der Waals surface area contributed by atoms with Crippen molar-refractivity contribution in [2.24, 2.45) is 17.8 Å². The van der Waals surface area contributed by atoms with E-state index in [0.717, 1.165) is 77.6 Å². The number of carbonyl (C=O) groups is 2. The summed E-state index contributed by atoms with van der Waals surface area (Å²) < 4.78 is 6.50. The van der Waals surface area contributed by atoms with Crippen LogP contribution in [0.4, 0.5) is 5.82 Å². The van der Waals surface area contributed by atoms with E-state index in [1.807, 2.05) is 42.6 Å². The van der Waals surface area contributed by atoms with Gasteiger partial charge in [0, 0.05) is 49.1 Å². The molecule has 12 heteroatoms. The van der Waals surface area contributed by atoms with Gasteiger partial charge in [-0.05, 0) is 141 Å². The minimum absolute atomic E-state index is 0.0137. The molecule has 7 N–H and O–H groups in total. The van der Waals surface area contributed by atoms with Crippen molar-refractivity contribution in [1.82, 2.24) is 15.3 Å². The van der Waals surface area contributed by atoms with Crippen molar-refractivity contribution in [2.45, 2.75) is 127 Å². The maximum Gasteiger partial charge on any atom is 0.161 e. The van der Waals surface area contributed by atoms with Gasteiger partial charge in [-0.2, -0.15) is 6.20 Å². The molecule has 12 nitrogen and oxygen atoms in total. The normalized spacial score (nSPS) is 25.3. The smallest absolute Gasteiger partial charge is 0.161 e. The van der Waals surface area contributed by atoms with Crippen LogP contribution in [0.25, 0.3) is 17.5 Å². The fourth-order valence-electron chi connectivity index (χ4n) is 11.9.